The van der Waals surface area contributed by atoms with Crippen LogP contribution in [0.15, 0.2) is 30.7 Å². The number of carbonyl (C=O) groups excluding carboxylic acids is 1. The summed E-state index contributed by atoms with van der Waals surface area (Å²) in [5.74, 6) is -4.73. The van der Waals surface area contributed by atoms with Crippen molar-refractivity contribution in [2.45, 2.75) is 32.6 Å². The third-order valence-electron chi connectivity index (χ3n) is 3.95. The Bertz CT molecular complexity index is 914. The molecule has 0 saturated heterocycles. The van der Waals surface area contributed by atoms with Gasteiger partial charge in [-0.2, -0.15) is 5.10 Å². The number of alkyl halides is 2. The molecule has 1 amide bonds. The number of hydrogen-bond donors (Lipinski definition) is 0. The van der Waals surface area contributed by atoms with Crippen LogP contribution in [0.4, 0.5) is 14.5 Å². The number of sulfone groups is 1. The van der Waals surface area contributed by atoms with E-state index in [9.17, 15) is 22.0 Å². The van der Waals surface area contributed by atoms with Crippen LogP contribution in [0, 0.1) is 0 Å². The topological polar surface area (TPSA) is 85.2 Å². The Balaban J connectivity index is 2.09. The molecule has 0 radical (unpaired) electrons. The van der Waals surface area contributed by atoms with E-state index in [1.165, 1.54) is 9.58 Å². The third-order valence-corrected chi connectivity index (χ3v) is 5.87. The van der Waals surface area contributed by atoms with E-state index in [1.807, 2.05) is 0 Å². The van der Waals surface area contributed by atoms with Gasteiger partial charge in [-0.1, -0.05) is 11.6 Å². The van der Waals surface area contributed by atoms with Crippen LogP contribution >= 0.6 is 11.6 Å². The summed E-state index contributed by atoms with van der Waals surface area (Å²) >= 11 is 6.15. The van der Waals surface area contributed by atoms with Gasteiger partial charge in [0.05, 0.1) is 29.6 Å². The molecule has 0 aromatic carbocycles. The number of amides is 1. The number of halogens is 3. The van der Waals surface area contributed by atoms with E-state index in [1.54, 1.807) is 37.6 Å². The van der Waals surface area contributed by atoms with E-state index >= 15 is 0 Å². The average molecular weight is 435 g/mol. The fraction of sp³-hybridized carbons (Fsp3) is 0.471. The van der Waals surface area contributed by atoms with Crippen LogP contribution in [0.5, 0.6) is 0 Å². The summed E-state index contributed by atoms with van der Waals surface area (Å²) in [6.07, 6.45) is 3.62. The second kappa shape index (κ2) is 8.95. The molecule has 0 atom stereocenters. The highest BCUT2D eigenvalue weighted by Gasteiger charge is 2.26. The minimum atomic E-state index is -3.77. The SMILES string of the molecule is CCN(C(=O)CCS(=O)(=O)CCC(C)(F)F)c1cn(-c2cccnc2)nc1Cl. The van der Waals surface area contributed by atoms with Gasteiger partial charge in [-0.25, -0.2) is 21.9 Å². The predicted octanol–water partition coefficient (Wildman–Crippen LogP) is 3.12. The summed E-state index contributed by atoms with van der Waals surface area (Å²) in [5, 5.41) is 4.22. The molecule has 0 aliphatic heterocycles. The molecule has 2 aromatic rings. The summed E-state index contributed by atoms with van der Waals surface area (Å²) in [6.45, 7) is 2.61. The van der Waals surface area contributed by atoms with Gasteiger partial charge in [0.15, 0.2) is 15.0 Å². The van der Waals surface area contributed by atoms with Gasteiger partial charge < -0.3 is 4.90 Å². The van der Waals surface area contributed by atoms with Crippen molar-refractivity contribution < 1.29 is 22.0 Å². The number of anilines is 1. The van der Waals surface area contributed by atoms with Gasteiger partial charge in [0, 0.05) is 25.6 Å². The zero-order valence-corrected chi connectivity index (χ0v) is 17.1. The minimum absolute atomic E-state index is 0.0764. The second-order valence-corrected chi connectivity index (χ2v) is 8.98. The van der Waals surface area contributed by atoms with Crippen LogP contribution in [-0.4, -0.2) is 53.1 Å². The van der Waals surface area contributed by atoms with Crippen molar-refractivity contribution >= 4 is 33.0 Å². The summed E-state index contributed by atoms with van der Waals surface area (Å²) < 4.78 is 51.1. The summed E-state index contributed by atoms with van der Waals surface area (Å²) in [4.78, 5) is 17.8. The Morgan fingerprint density at radius 3 is 2.64 bits per heavy atom. The number of pyridine rings is 1. The smallest absolute Gasteiger partial charge is 0.246 e. The molecule has 2 aromatic heterocycles. The van der Waals surface area contributed by atoms with E-state index in [0.29, 0.717) is 18.3 Å². The molecule has 0 saturated carbocycles. The highest BCUT2D eigenvalue weighted by molar-refractivity contribution is 7.91. The normalized spacial score (nSPS) is 12.2. The van der Waals surface area contributed by atoms with E-state index in [4.69, 9.17) is 11.6 Å². The Hall–Kier alpha value is -2.07. The first kappa shape index (κ1) is 22.2. The average Bonchev–Trinajstić information content (AvgIpc) is 3.01. The first-order chi connectivity index (χ1) is 13.0. The monoisotopic (exact) mass is 434 g/mol. The van der Waals surface area contributed by atoms with Gasteiger partial charge >= 0.3 is 0 Å². The molecule has 28 heavy (non-hydrogen) atoms. The Morgan fingerprint density at radius 2 is 2.07 bits per heavy atom. The largest absolute Gasteiger partial charge is 0.308 e. The van der Waals surface area contributed by atoms with Crippen molar-refractivity contribution in [3.8, 4) is 5.69 Å². The molecule has 0 aliphatic rings. The lowest BCUT2D eigenvalue weighted by atomic mass is 10.3. The van der Waals surface area contributed by atoms with Gasteiger partial charge in [-0.15, -0.1) is 0 Å². The molecule has 0 aliphatic carbocycles. The van der Waals surface area contributed by atoms with E-state index in [2.05, 4.69) is 10.1 Å². The van der Waals surface area contributed by atoms with Crippen LogP contribution < -0.4 is 4.90 Å². The second-order valence-electron chi connectivity index (χ2n) is 6.32. The van der Waals surface area contributed by atoms with Crippen LogP contribution in [0.25, 0.3) is 5.69 Å². The zero-order chi connectivity index (χ0) is 20.9. The Morgan fingerprint density at radius 1 is 1.36 bits per heavy atom. The zero-order valence-electron chi connectivity index (χ0n) is 15.5. The van der Waals surface area contributed by atoms with Gasteiger partial charge in [0.2, 0.25) is 11.8 Å². The Labute approximate surface area is 167 Å². The number of rotatable bonds is 9. The van der Waals surface area contributed by atoms with Crippen molar-refractivity contribution in [3.05, 3.63) is 35.9 Å². The van der Waals surface area contributed by atoms with E-state index in [0.717, 1.165) is 0 Å². The van der Waals surface area contributed by atoms with Gasteiger partial charge in [-0.05, 0) is 26.0 Å². The molecule has 2 heterocycles. The molecular formula is C17H21ClF2N4O3S. The predicted molar refractivity (Wildman–Crippen MR) is 103 cm³/mol. The van der Waals surface area contributed by atoms with Gasteiger partial charge in [0.1, 0.15) is 5.69 Å². The first-order valence-electron chi connectivity index (χ1n) is 8.56. The molecule has 0 fully saturated rings. The molecule has 11 heteroatoms. The number of nitrogens with zero attached hydrogens (tertiary/aromatic N) is 4. The maximum atomic E-state index is 12.9. The summed E-state index contributed by atoms with van der Waals surface area (Å²) in [5.41, 5.74) is 0.970. The molecular weight excluding hydrogens is 414 g/mol. The van der Waals surface area contributed by atoms with E-state index in [-0.39, 0.29) is 18.1 Å². The Kier molecular flexibility index (Phi) is 7.11. The fourth-order valence-electron chi connectivity index (χ4n) is 2.44. The van der Waals surface area contributed by atoms with Gasteiger partial charge in [0.25, 0.3) is 0 Å². The quantitative estimate of drug-likeness (QED) is 0.605. The molecule has 154 valence electrons. The highest BCUT2D eigenvalue weighted by Crippen LogP contribution is 2.26. The number of hydrogen-bond acceptors (Lipinski definition) is 5. The number of aromatic nitrogens is 3. The van der Waals surface area contributed by atoms with E-state index < -0.39 is 39.6 Å². The van der Waals surface area contributed by atoms with Crippen LogP contribution in [0.3, 0.4) is 0 Å². The van der Waals surface area contributed by atoms with Crippen molar-refractivity contribution in [2.75, 3.05) is 23.0 Å². The lowest BCUT2D eigenvalue weighted by Gasteiger charge is -2.19. The molecule has 0 N–H and O–H groups in total. The van der Waals surface area contributed by atoms with Crippen LogP contribution in [-0.2, 0) is 14.6 Å². The summed E-state index contributed by atoms with van der Waals surface area (Å²) in [7, 11) is -3.77. The third kappa shape index (κ3) is 6.23. The molecule has 2 rings (SSSR count). The lowest BCUT2D eigenvalue weighted by Crippen LogP contribution is -2.32. The molecule has 0 bridgehead atoms. The lowest BCUT2D eigenvalue weighted by molar-refractivity contribution is -0.118. The van der Waals surface area contributed by atoms with Crippen molar-refractivity contribution in [3.63, 3.8) is 0 Å². The fourth-order valence-corrected chi connectivity index (χ4v) is 4.03. The maximum absolute atomic E-state index is 12.9. The van der Waals surface area contributed by atoms with Crippen LogP contribution in [0.2, 0.25) is 5.15 Å². The first-order valence-corrected chi connectivity index (χ1v) is 10.8. The van der Waals surface area contributed by atoms with Crippen molar-refractivity contribution in [1.29, 1.82) is 0 Å². The van der Waals surface area contributed by atoms with Crippen molar-refractivity contribution in [1.82, 2.24) is 14.8 Å². The minimum Gasteiger partial charge on any atom is -0.308 e. The van der Waals surface area contributed by atoms with Crippen LogP contribution in [0.1, 0.15) is 26.7 Å². The van der Waals surface area contributed by atoms with Gasteiger partial charge in [-0.3, -0.25) is 9.78 Å². The standard InChI is InChI=1S/C17H21ClF2N4O3S/c1-3-23(15(25)6-9-28(26,27)10-7-17(2,19)20)14-12-24(22-16(14)18)13-5-4-8-21-11-13/h4-5,8,11-12H,3,6-7,9-10H2,1-2H3. The van der Waals surface area contributed by atoms with Crippen molar-refractivity contribution in [2.24, 2.45) is 0 Å². The number of carbonyl (C=O) groups is 1. The highest BCUT2D eigenvalue weighted by atomic mass is 35.5. The molecule has 0 unspecified atom stereocenters. The maximum Gasteiger partial charge on any atom is 0.246 e. The molecule has 7 nitrogen and oxygen atoms in total. The summed E-state index contributed by atoms with van der Waals surface area (Å²) in [6, 6.07) is 3.48. The molecule has 0 spiro atoms.